The van der Waals surface area contributed by atoms with Gasteiger partial charge in [-0.3, -0.25) is 4.79 Å². The number of halogens is 1. The molecule has 0 saturated heterocycles. The molecule has 0 aromatic heterocycles. The van der Waals surface area contributed by atoms with E-state index in [4.69, 9.17) is 10.5 Å². The van der Waals surface area contributed by atoms with Crippen LogP contribution in [-0.4, -0.2) is 13.0 Å². The van der Waals surface area contributed by atoms with Gasteiger partial charge in [0.15, 0.2) is 0 Å². The van der Waals surface area contributed by atoms with E-state index in [1.54, 1.807) is 6.07 Å². The molecule has 2 aromatic carbocycles. The van der Waals surface area contributed by atoms with Gasteiger partial charge in [0.05, 0.1) is 5.56 Å². The first-order valence-corrected chi connectivity index (χ1v) is 6.11. The van der Waals surface area contributed by atoms with E-state index in [0.717, 1.165) is 11.6 Å². The topological polar surface area (TPSA) is 64.3 Å². The Morgan fingerprint density at radius 1 is 1.25 bits per heavy atom. The molecule has 0 atom stereocenters. The number of hydrogen-bond acceptors (Lipinski definition) is 3. The molecule has 1 amide bonds. The van der Waals surface area contributed by atoms with Gasteiger partial charge in [-0.05, 0) is 31.3 Å². The maximum Gasteiger partial charge on any atom is 0.252 e. The van der Waals surface area contributed by atoms with Crippen LogP contribution >= 0.6 is 0 Å². The van der Waals surface area contributed by atoms with Crippen molar-refractivity contribution in [2.45, 2.75) is 6.54 Å². The average Bonchev–Trinajstić information content (AvgIpc) is 2.43. The van der Waals surface area contributed by atoms with E-state index < -0.39 is 11.7 Å². The molecule has 3 N–H and O–H groups in total. The molecular formula is C15H15FN2O2. The van der Waals surface area contributed by atoms with E-state index >= 15 is 0 Å². The Hall–Kier alpha value is -2.40. The van der Waals surface area contributed by atoms with Gasteiger partial charge in [0.2, 0.25) is 0 Å². The molecule has 0 spiro atoms. The third-order valence-corrected chi connectivity index (χ3v) is 2.77. The lowest BCUT2D eigenvalue weighted by atomic mass is 10.1. The highest BCUT2D eigenvalue weighted by Crippen LogP contribution is 2.28. The van der Waals surface area contributed by atoms with Crippen LogP contribution in [0.25, 0.3) is 0 Å². The zero-order chi connectivity index (χ0) is 14.5. The molecule has 0 aliphatic rings. The zero-order valence-corrected chi connectivity index (χ0v) is 11.0. The van der Waals surface area contributed by atoms with Gasteiger partial charge in [0, 0.05) is 12.1 Å². The SMILES string of the molecule is CNCc1ccccc1Oc1ccc(F)cc1C(N)=O. The van der Waals surface area contributed by atoms with Gasteiger partial charge in [0.1, 0.15) is 17.3 Å². The van der Waals surface area contributed by atoms with E-state index in [-0.39, 0.29) is 11.3 Å². The molecule has 20 heavy (non-hydrogen) atoms. The van der Waals surface area contributed by atoms with Crippen molar-refractivity contribution in [1.82, 2.24) is 5.32 Å². The predicted octanol–water partition coefficient (Wildman–Crippen LogP) is 2.44. The standard InChI is InChI=1S/C15H15FN2O2/c1-18-9-10-4-2-3-5-13(10)20-14-7-6-11(16)8-12(14)15(17)19/h2-8,18H,9H2,1H3,(H2,17,19). The molecule has 0 radical (unpaired) electrons. The highest BCUT2D eigenvalue weighted by molar-refractivity contribution is 5.95. The number of hydrogen-bond donors (Lipinski definition) is 2. The predicted molar refractivity (Wildman–Crippen MR) is 74.2 cm³/mol. The average molecular weight is 274 g/mol. The Bertz CT molecular complexity index is 629. The Morgan fingerprint density at radius 3 is 2.70 bits per heavy atom. The molecule has 0 heterocycles. The minimum Gasteiger partial charge on any atom is -0.456 e. The summed E-state index contributed by atoms with van der Waals surface area (Å²) in [6, 6.07) is 11.1. The normalized spacial score (nSPS) is 10.3. The Kier molecular flexibility index (Phi) is 4.32. The number of nitrogens with two attached hydrogens (primary N) is 1. The van der Waals surface area contributed by atoms with Gasteiger partial charge < -0.3 is 15.8 Å². The number of rotatable bonds is 5. The van der Waals surface area contributed by atoms with Crippen molar-refractivity contribution in [2.24, 2.45) is 5.73 Å². The number of amides is 1. The molecule has 0 aliphatic heterocycles. The summed E-state index contributed by atoms with van der Waals surface area (Å²) in [4.78, 5) is 11.3. The van der Waals surface area contributed by atoms with Crippen molar-refractivity contribution in [1.29, 1.82) is 0 Å². The van der Waals surface area contributed by atoms with Gasteiger partial charge in [-0.2, -0.15) is 0 Å². The Balaban J connectivity index is 2.37. The van der Waals surface area contributed by atoms with Crippen LogP contribution < -0.4 is 15.8 Å². The van der Waals surface area contributed by atoms with Crippen LogP contribution in [-0.2, 0) is 6.54 Å². The van der Waals surface area contributed by atoms with E-state index in [0.29, 0.717) is 12.3 Å². The number of para-hydroxylation sites is 1. The summed E-state index contributed by atoms with van der Waals surface area (Å²) in [6.45, 7) is 0.614. The monoisotopic (exact) mass is 274 g/mol. The quantitative estimate of drug-likeness (QED) is 0.880. The molecule has 0 fully saturated rings. The summed E-state index contributed by atoms with van der Waals surface area (Å²) in [5, 5.41) is 3.03. The van der Waals surface area contributed by atoms with Crippen molar-refractivity contribution < 1.29 is 13.9 Å². The fourth-order valence-electron chi connectivity index (χ4n) is 1.84. The van der Waals surface area contributed by atoms with Crippen molar-refractivity contribution in [3.63, 3.8) is 0 Å². The summed E-state index contributed by atoms with van der Waals surface area (Å²) in [7, 11) is 1.82. The maximum atomic E-state index is 13.2. The molecule has 5 heteroatoms. The van der Waals surface area contributed by atoms with Crippen LogP contribution in [0.1, 0.15) is 15.9 Å². The van der Waals surface area contributed by atoms with E-state index in [9.17, 15) is 9.18 Å². The Morgan fingerprint density at radius 2 is 2.00 bits per heavy atom. The number of ether oxygens (including phenoxy) is 1. The molecule has 2 aromatic rings. The smallest absolute Gasteiger partial charge is 0.252 e. The first-order chi connectivity index (χ1) is 9.61. The lowest BCUT2D eigenvalue weighted by Crippen LogP contribution is -2.13. The number of primary amides is 1. The van der Waals surface area contributed by atoms with Crippen LogP contribution in [0.2, 0.25) is 0 Å². The third-order valence-electron chi connectivity index (χ3n) is 2.77. The van der Waals surface area contributed by atoms with Crippen molar-refractivity contribution in [3.05, 3.63) is 59.4 Å². The van der Waals surface area contributed by atoms with Crippen LogP contribution in [0.4, 0.5) is 4.39 Å². The Labute approximate surface area is 116 Å². The highest BCUT2D eigenvalue weighted by Gasteiger charge is 2.13. The van der Waals surface area contributed by atoms with Crippen molar-refractivity contribution in [3.8, 4) is 11.5 Å². The van der Waals surface area contributed by atoms with Gasteiger partial charge in [0.25, 0.3) is 5.91 Å². The molecule has 0 unspecified atom stereocenters. The molecule has 2 rings (SSSR count). The van der Waals surface area contributed by atoms with Gasteiger partial charge >= 0.3 is 0 Å². The maximum absolute atomic E-state index is 13.2. The summed E-state index contributed by atoms with van der Waals surface area (Å²) >= 11 is 0. The highest BCUT2D eigenvalue weighted by atomic mass is 19.1. The van der Waals surface area contributed by atoms with E-state index in [1.165, 1.54) is 12.1 Å². The lowest BCUT2D eigenvalue weighted by molar-refractivity contribution is 0.0997. The number of carbonyl (C=O) groups excluding carboxylic acids is 1. The van der Waals surface area contributed by atoms with E-state index in [2.05, 4.69) is 5.32 Å². The first-order valence-electron chi connectivity index (χ1n) is 6.11. The molecule has 4 nitrogen and oxygen atoms in total. The van der Waals surface area contributed by atoms with Crippen molar-refractivity contribution >= 4 is 5.91 Å². The van der Waals surface area contributed by atoms with Crippen LogP contribution in [0.3, 0.4) is 0 Å². The third kappa shape index (κ3) is 3.13. The molecule has 104 valence electrons. The summed E-state index contributed by atoms with van der Waals surface area (Å²) in [5.41, 5.74) is 6.18. The minimum absolute atomic E-state index is 0.0178. The van der Waals surface area contributed by atoms with Gasteiger partial charge in [-0.1, -0.05) is 18.2 Å². The van der Waals surface area contributed by atoms with Gasteiger partial charge in [-0.25, -0.2) is 4.39 Å². The zero-order valence-electron chi connectivity index (χ0n) is 11.0. The second-order valence-corrected chi connectivity index (χ2v) is 4.24. The fourth-order valence-corrected chi connectivity index (χ4v) is 1.84. The van der Waals surface area contributed by atoms with Crippen LogP contribution in [0, 0.1) is 5.82 Å². The molecule has 0 saturated carbocycles. The lowest BCUT2D eigenvalue weighted by Gasteiger charge is -2.13. The minimum atomic E-state index is -0.731. The summed E-state index contributed by atoms with van der Waals surface area (Å²) < 4.78 is 18.9. The fraction of sp³-hybridized carbons (Fsp3) is 0.133. The van der Waals surface area contributed by atoms with Crippen LogP contribution in [0.5, 0.6) is 11.5 Å². The number of benzene rings is 2. The number of nitrogens with one attached hydrogen (secondary N) is 1. The first kappa shape index (κ1) is 14.0. The largest absolute Gasteiger partial charge is 0.456 e. The molecule has 0 aliphatic carbocycles. The summed E-state index contributed by atoms with van der Waals surface area (Å²) in [5.74, 6) is -0.432. The molecule has 0 bridgehead atoms. The van der Waals surface area contributed by atoms with Crippen LogP contribution in [0.15, 0.2) is 42.5 Å². The van der Waals surface area contributed by atoms with E-state index in [1.807, 2.05) is 25.2 Å². The second kappa shape index (κ2) is 6.16. The van der Waals surface area contributed by atoms with Crippen molar-refractivity contribution in [2.75, 3.05) is 7.05 Å². The van der Waals surface area contributed by atoms with Gasteiger partial charge in [-0.15, -0.1) is 0 Å². The summed E-state index contributed by atoms with van der Waals surface area (Å²) in [6.07, 6.45) is 0. The second-order valence-electron chi connectivity index (χ2n) is 4.24. The number of carbonyl (C=O) groups is 1. The molecular weight excluding hydrogens is 259 g/mol.